The Morgan fingerprint density at radius 2 is 2.42 bits per heavy atom. The third kappa shape index (κ3) is 2.02. The van der Waals surface area contributed by atoms with Gasteiger partial charge in [-0.1, -0.05) is 0 Å². The molecule has 4 nitrogen and oxygen atoms in total. The smallest absolute Gasteiger partial charge is 0.357 e. The Labute approximate surface area is 70.6 Å². The van der Waals surface area contributed by atoms with Crippen LogP contribution in [0.2, 0.25) is 0 Å². The number of aryl methyl sites for hydroxylation is 1. The largest absolute Gasteiger partial charge is 0.461 e. The molecule has 0 saturated heterocycles. The Hall–Kier alpha value is -1.45. The quantitative estimate of drug-likeness (QED) is 0.614. The van der Waals surface area contributed by atoms with Crippen LogP contribution in [0.4, 0.5) is 0 Å². The number of esters is 1. The van der Waals surface area contributed by atoms with E-state index in [1.165, 1.54) is 12.3 Å². The Bertz CT molecular complexity index is 286. The number of hydrogen-bond donors (Lipinski definition) is 0. The van der Waals surface area contributed by atoms with Gasteiger partial charge >= 0.3 is 5.97 Å². The molecule has 0 aliphatic rings. The van der Waals surface area contributed by atoms with Gasteiger partial charge in [-0.2, -0.15) is 0 Å². The van der Waals surface area contributed by atoms with Crippen LogP contribution in [-0.4, -0.2) is 22.5 Å². The molecule has 0 unspecified atom stereocenters. The summed E-state index contributed by atoms with van der Waals surface area (Å²) in [7, 11) is 0. The molecule has 0 aliphatic heterocycles. The number of carbonyl (C=O) groups is 1. The summed E-state index contributed by atoms with van der Waals surface area (Å²) in [6, 6.07) is 1.53. The average molecular weight is 166 g/mol. The molecule has 0 bridgehead atoms. The summed E-state index contributed by atoms with van der Waals surface area (Å²) >= 11 is 0. The summed E-state index contributed by atoms with van der Waals surface area (Å²) in [5.74, 6) is 0.170. The highest BCUT2D eigenvalue weighted by Gasteiger charge is 2.06. The molecule has 0 saturated carbocycles. The molecule has 0 radical (unpaired) electrons. The molecule has 1 aromatic heterocycles. The molecule has 1 rings (SSSR count). The SMILES string of the molecule is CCOC(=O)c1ccnc(C)n1. The third-order valence-corrected chi connectivity index (χ3v) is 1.26. The number of carbonyl (C=O) groups excluding carboxylic acids is 1. The van der Waals surface area contributed by atoms with Crippen LogP contribution in [0.5, 0.6) is 0 Å². The Morgan fingerprint density at radius 3 is 3.00 bits per heavy atom. The molecular weight excluding hydrogens is 156 g/mol. The minimum atomic E-state index is -0.400. The predicted molar refractivity (Wildman–Crippen MR) is 42.7 cm³/mol. The van der Waals surface area contributed by atoms with E-state index in [4.69, 9.17) is 4.74 Å². The molecule has 0 fully saturated rings. The summed E-state index contributed by atoms with van der Waals surface area (Å²) in [6.07, 6.45) is 1.54. The minimum absolute atomic E-state index is 0.310. The lowest BCUT2D eigenvalue weighted by Gasteiger charge is -1.99. The van der Waals surface area contributed by atoms with Gasteiger partial charge in [0, 0.05) is 6.20 Å². The monoisotopic (exact) mass is 166 g/mol. The normalized spacial score (nSPS) is 9.50. The molecule has 4 heteroatoms. The zero-order valence-corrected chi connectivity index (χ0v) is 7.07. The van der Waals surface area contributed by atoms with E-state index in [0.717, 1.165) is 0 Å². The molecule has 0 N–H and O–H groups in total. The maximum atomic E-state index is 11.1. The lowest BCUT2D eigenvalue weighted by atomic mass is 10.4. The highest BCUT2D eigenvalue weighted by Crippen LogP contribution is 1.96. The second-order valence-electron chi connectivity index (χ2n) is 2.21. The van der Waals surface area contributed by atoms with Crippen molar-refractivity contribution in [3.8, 4) is 0 Å². The molecule has 0 amide bonds. The summed E-state index contributed by atoms with van der Waals surface area (Å²) in [4.78, 5) is 18.9. The van der Waals surface area contributed by atoms with Crippen LogP contribution < -0.4 is 0 Å². The van der Waals surface area contributed by atoms with E-state index in [0.29, 0.717) is 18.1 Å². The number of rotatable bonds is 2. The van der Waals surface area contributed by atoms with E-state index in [1.807, 2.05) is 0 Å². The first-order valence-electron chi connectivity index (χ1n) is 3.71. The molecule has 0 spiro atoms. The molecule has 0 aliphatic carbocycles. The average Bonchev–Trinajstić information content (AvgIpc) is 2.05. The van der Waals surface area contributed by atoms with Crippen molar-refractivity contribution in [2.45, 2.75) is 13.8 Å². The van der Waals surface area contributed by atoms with Crippen molar-refractivity contribution in [3.63, 3.8) is 0 Å². The molecule has 0 atom stereocenters. The van der Waals surface area contributed by atoms with Gasteiger partial charge in [-0.15, -0.1) is 0 Å². The highest BCUT2D eigenvalue weighted by molar-refractivity contribution is 5.86. The number of ether oxygens (including phenoxy) is 1. The van der Waals surface area contributed by atoms with Crippen molar-refractivity contribution in [2.75, 3.05) is 6.61 Å². The maximum Gasteiger partial charge on any atom is 0.357 e. The fourth-order valence-electron chi connectivity index (χ4n) is 0.775. The van der Waals surface area contributed by atoms with Crippen LogP contribution >= 0.6 is 0 Å². The van der Waals surface area contributed by atoms with Crippen molar-refractivity contribution in [2.24, 2.45) is 0 Å². The first-order valence-corrected chi connectivity index (χ1v) is 3.71. The van der Waals surface area contributed by atoms with Crippen LogP contribution in [0.15, 0.2) is 12.3 Å². The lowest BCUT2D eigenvalue weighted by molar-refractivity contribution is 0.0519. The van der Waals surface area contributed by atoms with Gasteiger partial charge in [0.05, 0.1) is 6.61 Å². The molecule has 0 aromatic carbocycles. The first-order chi connectivity index (χ1) is 5.74. The second-order valence-corrected chi connectivity index (χ2v) is 2.21. The van der Waals surface area contributed by atoms with Crippen molar-refractivity contribution >= 4 is 5.97 Å². The summed E-state index contributed by atoms with van der Waals surface area (Å²) in [5, 5.41) is 0. The molecule has 12 heavy (non-hydrogen) atoms. The van der Waals surface area contributed by atoms with Crippen molar-refractivity contribution in [1.82, 2.24) is 9.97 Å². The van der Waals surface area contributed by atoms with Gasteiger partial charge in [0.15, 0.2) is 5.69 Å². The second kappa shape index (κ2) is 3.80. The predicted octanol–water partition coefficient (Wildman–Crippen LogP) is 0.962. The maximum absolute atomic E-state index is 11.1. The van der Waals surface area contributed by atoms with Crippen LogP contribution in [0, 0.1) is 6.92 Å². The Balaban J connectivity index is 2.81. The van der Waals surface area contributed by atoms with Crippen molar-refractivity contribution in [1.29, 1.82) is 0 Å². The Morgan fingerprint density at radius 1 is 1.67 bits per heavy atom. The highest BCUT2D eigenvalue weighted by atomic mass is 16.5. The topological polar surface area (TPSA) is 52.1 Å². The molecule has 1 heterocycles. The van der Waals surface area contributed by atoms with E-state index < -0.39 is 5.97 Å². The van der Waals surface area contributed by atoms with Gasteiger partial charge in [-0.3, -0.25) is 0 Å². The van der Waals surface area contributed by atoms with E-state index in [1.54, 1.807) is 13.8 Å². The fourth-order valence-corrected chi connectivity index (χ4v) is 0.775. The summed E-state index contributed by atoms with van der Waals surface area (Å²) in [5.41, 5.74) is 0.310. The van der Waals surface area contributed by atoms with E-state index >= 15 is 0 Å². The molecule has 1 aromatic rings. The summed E-state index contributed by atoms with van der Waals surface area (Å²) in [6.45, 7) is 3.84. The number of hydrogen-bond acceptors (Lipinski definition) is 4. The van der Waals surface area contributed by atoms with Crippen LogP contribution in [0.25, 0.3) is 0 Å². The van der Waals surface area contributed by atoms with Crippen LogP contribution in [0.1, 0.15) is 23.2 Å². The van der Waals surface area contributed by atoms with Gasteiger partial charge in [0.25, 0.3) is 0 Å². The van der Waals surface area contributed by atoms with Crippen LogP contribution in [0.3, 0.4) is 0 Å². The van der Waals surface area contributed by atoms with Gasteiger partial charge in [0.1, 0.15) is 5.82 Å². The Kier molecular flexibility index (Phi) is 2.74. The first kappa shape index (κ1) is 8.64. The van der Waals surface area contributed by atoms with E-state index in [9.17, 15) is 4.79 Å². The molecule has 64 valence electrons. The zero-order valence-electron chi connectivity index (χ0n) is 7.07. The van der Waals surface area contributed by atoms with Gasteiger partial charge in [-0.25, -0.2) is 14.8 Å². The van der Waals surface area contributed by atoms with E-state index in [2.05, 4.69) is 9.97 Å². The van der Waals surface area contributed by atoms with Gasteiger partial charge < -0.3 is 4.74 Å². The minimum Gasteiger partial charge on any atom is -0.461 e. The van der Waals surface area contributed by atoms with Gasteiger partial charge in [-0.05, 0) is 19.9 Å². The van der Waals surface area contributed by atoms with Crippen LogP contribution in [-0.2, 0) is 4.74 Å². The standard InChI is InChI=1S/C8H10N2O2/c1-3-12-8(11)7-4-5-9-6(2)10-7/h4-5H,3H2,1-2H3. The van der Waals surface area contributed by atoms with E-state index in [-0.39, 0.29) is 0 Å². The number of aromatic nitrogens is 2. The zero-order chi connectivity index (χ0) is 8.97. The van der Waals surface area contributed by atoms with Gasteiger partial charge in [0.2, 0.25) is 0 Å². The number of nitrogens with zero attached hydrogens (tertiary/aromatic N) is 2. The molecular formula is C8H10N2O2. The fraction of sp³-hybridized carbons (Fsp3) is 0.375. The third-order valence-electron chi connectivity index (χ3n) is 1.26. The van der Waals surface area contributed by atoms with Crippen molar-refractivity contribution in [3.05, 3.63) is 23.8 Å². The summed E-state index contributed by atoms with van der Waals surface area (Å²) < 4.78 is 4.75. The van der Waals surface area contributed by atoms with Crippen molar-refractivity contribution < 1.29 is 9.53 Å². The lowest BCUT2D eigenvalue weighted by Crippen LogP contribution is -2.07.